The average molecular weight is 340 g/mol. The van der Waals surface area contributed by atoms with Gasteiger partial charge in [0.05, 0.1) is 11.9 Å². The fraction of sp³-hybridized carbons (Fsp3) is 0.588. The molecule has 0 spiro atoms. The molecule has 0 aliphatic heterocycles. The van der Waals surface area contributed by atoms with Gasteiger partial charge in [-0.25, -0.2) is 8.42 Å². The van der Waals surface area contributed by atoms with Crippen LogP contribution in [0.2, 0.25) is 0 Å². The quantitative estimate of drug-likeness (QED) is 0.916. The highest BCUT2D eigenvalue weighted by Crippen LogP contribution is 2.25. The van der Waals surface area contributed by atoms with Gasteiger partial charge in [-0.3, -0.25) is 9.10 Å². The van der Waals surface area contributed by atoms with Crippen LogP contribution in [0.25, 0.3) is 0 Å². The van der Waals surface area contributed by atoms with Gasteiger partial charge in [-0.05, 0) is 43.9 Å². The normalized spacial score (nSPS) is 12.8. The van der Waals surface area contributed by atoms with Gasteiger partial charge >= 0.3 is 0 Å². The van der Waals surface area contributed by atoms with Crippen LogP contribution in [0.4, 0.5) is 5.69 Å². The first-order valence-electron chi connectivity index (χ1n) is 7.59. The first-order chi connectivity index (χ1) is 10.2. The number of hydrogen-bond donors (Lipinski definition) is 1. The number of nitrogens with zero attached hydrogens (tertiary/aromatic N) is 1. The number of sulfonamides is 1. The molecule has 6 heteroatoms. The van der Waals surface area contributed by atoms with Crippen LogP contribution in [0, 0.1) is 0 Å². The first kappa shape index (κ1) is 19.5. The third-order valence-electron chi connectivity index (χ3n) is 3.22. The minimum atomic E-state index is -3.54. The second-order valence-electron chi connectivity index (χ2n) is 7.86. The van der Waals surface area contributed by atoms with Gasteiger partial charge < -0.3 is 5.32 Å². The molecule has 0 saturated carbocycles. The zero-order valence-corrected chi connectivity index (χ0v) is 15.9. The summed E-state index contributed by atoms with van der Waals surface area (Å²) in [4.78, 5) is 12.1. The SMILES string of the molecule is CC(C)(C)NC(=O)CN(c1ccc(C(C)(C)C)cc1)S(C)(=O)=O. The van der Waals surface area contributed by atoms with Crippen molar-refractivity contribution in [3.63, 3.8) is 0 Å². The largest absolute Gasteiger partial charge is 0.350 e. The lowest BCUT2D eigenvalue weighted by Gasteiger charge is -2.26. The molecule has 0 unspecified atom stereocenters. The van der Waals surface area contributed by atoms with E-state index in [1.54, 1.807) is 12.1 Å². The number of rotatable bonds is 4. The van der Waals surface area contributed by atoms with Crippen LogP contribution >= 0.6 is 0 Å². The second-order valence-corrected chi connectivity index (χ2v) is 9.77. The van der Waals surface area contributed by atoms with Crippen molar-refractivity contribution in [1.29, 1.82) is 0 Å². The summed E-state index contributed by atoms with van der Waals surface area (Å²) in [5.74, 6) is -0.331. The maximum Gasteiger partial charge on any atom is 0.241 e. The third-order valence-corrected chi connectivity index (χ3v) is 4.36. The average Bonchev–Trinajstić information content (AvgIpc) is 2.31. The number of nitrogens with one attached hydrogen (secondary N) is 1. The van der Waals surface area contributed by atoms with Crippen molar-refractivity contribution < 1.29 is 13.2 Å². The van der Waals surface area contributed by atoms with Crippen molar-refractivity contribution in [2.24, 2.45) is 0 Å². The molecule has 0 aromatic heterocycles. The van der Waals surface area contributed by atoms with Gasteiger partial charge in [-0.2, -0.15) is 0 Å². The first-order valence-corrected chi connectivity index (χ1v) is 9.44. The number of anilines is 1. The summed E-state index contributed by atoms with van der Waals surface area (Å²) in [6.45, 7) is 11.6. The van der Waals surface area contributed by atoms with Crippen molar-refractivity contribution in [2.45, 2.75) is 52.5 Å². The summed E-state index contributed by atoms with van der Waals surface area (Å²) in [6.07, 6.45) is 1.11. The molecule has 0 bridgehead atoms. The van der Waals surface area contributed by atoms with E-state index < -0.39 is 15.6 Å². The molecule has 0 saturated heterocycles. The highest BCUT2D eigenvalue weighted by molar-refractivity contribution is 7.92. The van der Waals surface area contributed by atoms with Crippen molar-refractivity contribution in [3.8, 4) is 0 Å². The van der Waals surface area contributed by atoms with E-state index in [-0.39, 0.29) is 17.9 Å². The monoisotopic (exact) mass is 340 g/mol. The molecule has 130 valence electrons. The van der Waals surface area contributed by atoms with E-state index in [2.05, 4.69) is 26.1 Å². The number of carbonyl (C=O) groups excluding carboxylic acids is 1. The van der Waals surface area contributed by atoms with Crippen molar-refractivity contribution >= 4 is 21.6 Å². The third kappa shape index (κ3) is 6.22. The molecular weight excluding hydrogens is 312 g/mol. The molecule has 1 aromatic carbocycles. The molecule has 0 heterocycles. The minimum Gasteiger partial charge on any atom is -0.350 e. The van der Waals surface area contributed by atoms with Gasteiger partial charge in [0.25, 0.3) is 0 Å². The molecule has 1 amide bonds. The Kier molecular flexibility index (Phi) is 5.52. The lowest BCUT2D eigenvalue weighted by Crippen LogP contribution is -2.47. The van der Waals surface area contributed by atoms with Gasteiger partial charge in [-0.15, -0.1) is 0 Å². The summed E-state index contributed by atoms with van der Waals surface area (Å²) in [6, 6.07) is 7.28. The van der Waals surface area contributed by atoms with Crippen LogP contribution in [0.1, 0.15) is 47.1 Å². The topological polar surface area (TPSA) is 66.5 Å². The van der Waals surface area contributed by atoms with E-state index in [0.29, 0.717) is 5.69 Å². The Labute approximate surface area is 140 Å². The fourth-order valence-corrected chi connectivity index (χ4v) is 2.97. The van der Waals surface area contributed by atoms with Crippen LogP contribution in [-0.4, -0.2) is 32.7 Å². The Morgan fingerprint density at radius 3 is 1.87 bits per heavy atom. The number of amides is 1. The highest BCUT2D eigenvalue weighted by Gasteiger charge is 2.23. The van der Waals surface area contributed by atoms with E-state index in [1.807, 2.05) is 32.9 Å². The number of carbonyl (C=O) groups is 1. The molecular formula is C17H28N2O3S. The summed E-state index contributed by atoms with van der Waals surface area (Å²) in [5.41, 5.74) is 1.17. The second kappa shape index (κ2) is 6.51. The minimum absolute atomic E-state index is 0.0158. The van der Waals surface area contributed by atoms with E-state index in [0.717, 1.165) is 16.1 Å². The van der Waals surface area contributed by atoms with Crippen LogP contribution in [-0.2, 0) is 20.2 Å². The molecule has 0 aliphatic carbocycles. The van der Waals surface area contributed by atoms with Crippen molar-refractivity contribution in [3.05, 3.63) is 29.8 Å². The summed E-state index contributed by atoms with van der Waals surface area (Å²) in [7, 11) is -3.54. The van der Waals surface area contributed by atoms with E-state index >= 15 is 0 Å². The molecule has 0 aliphatic rings. The molecule has 0 fully saturated rings. The molecule has 1 rings (SSSR count). The summed E-state index contributed by atoms with van der Waals surface area (Å²) in [5, 5.41) is 2.78. The lowest BCUT2D eigenvalue weighted by atomic mass is 9.87. The Morgan fingerprint density at radius 2 is 1.52 bits per heavy atom. The highest BCUT2D eigenvalue weighted by atomic mass is 32.2. The van der Waals surface area contributed by atoms with E-state index in [1.165, 1.54) is 0 Å². The van der Waals surface area contributed by atoms with E-state index in [4.69, 9.17) is 0 Å². The van der Waals surface area contributed by atoms with Crippen LogP contribution in [0.3, 0.4) is 0 Å². The summed E-state index contributed by atoms with van der Waals surface area (Å²) >= 11 is 0. The smallest absolute Gasteiger partial charge is 0.241 e. The van der Waals surface area contributed by atoms with Gasteiger partial charge in [0, 0.05) is 5.54 Å². The lowest BCUT2D eigenvalue weighted by molar-refractivity contribution is -0.121. The molecule has 5 nitrogen and oxygen atoms in total. The number of benzene rings is 1. The van der Waals surface area contributed by atoms with Crippen LogP contribution < -0.4 is 9.62 Å². The van der Waals surface area contributed by atoms with Crippen molar-refractivity contribution in [1.82, 2.24) is 5.32 Å². The molecule has 1 N–H and O–H groups in total. The van der Waals surface area contributed by atoms with Crippen LogP contribution in [0.15, 0.2) is 24.3 Å². The van der Waals surface area contributed by atoms with Gasteiger partial charge in [0.1, 0.15) is 6.54 Å². The zero-order chi connectivity index (χ0) is 18.1. The predicted octanol–water partition coefficient (Wildman–Crippen LogP) is 2.66. The molecule has 1 aromatic rings. The van der Waals surface area contributed by atoms with Gasteiger partial charge in [0.2, 0.25) is 15.9 Å². The maximum atomic E-state index is 12.1. The Morgan fingerprint density at radius 1 is 1.04 bits per heavy atom. The van der Waals surface area contributed by atoms with Crippen LogP contribution in [0.5, 0.6) is 0 Å². The molecule has 0 radical (unpaired) electrons. The zero-order valence-electron chi connectivity index (χ0n) is 15.1. The Hall–Kier alpha value is -1.56. The van der Waals surface area contributed by atoms with Gasteiger partial charge in [0.15, 0.2) is 0 Å². The molecule has 0 atom stereocenters. The maximum absolute atomic E-state index is 12.1. The summed E-state index contributed by atoms with van der Waals surface area (Å²) < 4.78 is 25.2. The van der Waals surface area contributed by atoms with Gasteiger partial charge in [-0.1, -0.05) is 32.9 Å². The van der Waals surface area contributed by atoms with E-state index in [9.17, 15) is 13.2 Å². The number of hydrogen-bond acceptors (Lipinski definition) is 3. The fourth-order valence-electron chi connectivity index (χ4n) is 2.12. The molecule has 23 heavy (non-hydrogen) atoms. The Bertz CT molecular complexity index is 651. The Balaban J connectivity index is 3.07. The standard InChI is InChI=1S/C17H28N2O3S/c1-16(2,3)13-8-10-14(11-9-13)19(23(7,21)22)12-15(20)18-17(4,5)6/h8-11H,12H2,1-7H3,(H,18,20). The van der Waals surface area contributed by atoms with Crippen molar-refractivity contribution in [2.75, 3.05) is 17.1 Å². The predicted molar refractivity (Wildman–Crippen MR) is 95.2 cm³/mol.